The van der Waals surface area contributed by atoms with E-state index in [4.69, 9.17) is 5.11 Å². The van der Waals surface area contributed by atoms with Gasteiger partial charge in [-0.1, -0.05) is 71.6 Å². The Bertz CT molecular complexity index is 178. The molecule has 0 bridgehead atoms. The van der Waals surface area contributed by atoms with Gasteiger partial charge in [0.2, 0.25) is 0 Å². The molecule has 0 heterocycles. The van der Waals surface area contributed by atoms with Crippen LogP contribution in [0.15, 0.2) is 0 Å². The molecule has 0 aliphatic heterocycles. The second kappa shape index (κ2) is 11.9. The van der Waals surface area contributed by atoms with Crippen molar-refractivity contribution >= 4 is 5.97 Å². The maximum absolute atomic E-state index is 10.3. The molecule has 0 rings (SSSR count). The van der Waals surface area contributed by atoms with E-state index < -0.39 is 5.97 Å². The number of hydrogen-bond donors (Lipinski definition) is 1. The average molecular weight is 242 g/mol. The standard InChI is InChI=1S/C15H30O2/c1-3-4-5-6-8-11-14(2)12-9-7-10-13-15(16)17/h14H,3-13H2,1-2H3,(H,16,17). The summed E-state index contributed by atoms with van der Waals surface area (Å²) in [6.45, 7) is 4.58. The predicted molar refractivity (Wildman–Crippen MR) is 73.3 cm³/mol. The largest absolute Gasteiger partial charge is 0.481 e. The lowest BCUT2D eigenvalue weighted by Crippen LogP contribution is -1.97. The molecule has 0 spiro atoms. The average Bonchev–Trinajstić information content (AvgIpc) is 2.28. The summed E-state index contributed by atoms with van der Waals surface area (Å²) >= 11 is 0. The van der Waals surface area contributed by atoms with Gasteiger partial charge in [0.1, 0.15) is 0 Å². The van der Waals surface area contributed by atoms with Crippen molar-refractivity contribution in [3.63, 3.8) is 0 Å². The maximum atomic E-state index is 10.3. The topological polar surface area (TPSA) is 37.3 Å². The summed E-state index contributed by atoms with van der Waals surface area (Å²) in [5, 5.41) is 8.51. The van der Waals surface area contributed by atoms with Crippen LogP contribution in [-0.4, -0.2) is 11.1 Å². The summed E-state index contributed by atoms with van der Waals surface area (Å²) in [6.07, 6.45) is 12.9. The van der Waals surface area contributed by atoms with E-state index >= 15 is 0 Å². The summed E-state index contributed by atoms with van der Waals surface area (Å²) < 4.78 is 0. The first kappa shape index (κ1) is 16.5. The Kier molecular flexibility index (Phi) is 11.6. The van der Waals surface area contributed by atoms with E-state index in [1.165, 1.54) is 51.4 Å². The summed E-state index contributed by atoms with van der Waals surface area (Å²) in [4.78, 5) is 10.3. The third-order valence-electron chi connectivity index (χ3n) is 3.39. The van der Waals surface area contributed by atoms with Crippen LogP contribution < -0.4 is 0 Å². The number of rotatable bonds is 12. The van der Waals surface area contributed by atoms with Crippen LogP contribution in [0.3, 0.4) is 0 Å². The van der Waals surface area contributed by atoms with Crippen LogP contribution in [0, 0.1) is 5.92 Å². The molecule has 0 aliphatic rings. The fourth-order valence-corrected chi connectivity index (χ4v) is 2.19. The Morgan fingerprint density at radius 1 is 0.941 bits per heavy atom. The van der Waals surface area contributed by atoms with Crippen molar-refractivity contribution in [1.29, 1.82) is 0 Å². The van der Waals surface area contributed by atoms with Crippen LogP contribution in [0.25, 0.3) is 0 Å². The lowest BCUT2D eigenvalue weighted by molar-refractivity contribution is -0.137. The molecule has 2 heteroatoms. The van der Waals surface area contributed by atoms with Gasteiger partial charge < -0.3 is 5.11 Å². The first-order valence-electron chi connectivity index (χ1n) is 7.38. The lowest BCUT2D eigenvalue weighted by atomic mass is 9.96. The fourth-order valence-electron chi connectivity index (χ4n) is 2.19. The molecule has 1 atom stereocenters. The molecule has 102 valence electrons. The molecular weight excluding hydrogens is 212 g/mol. The number of carboxylic acids is 1. The monoisotopic (exact) mass is 242 g/mol. The Morgan fingerprint density at radius 2 is 1.47 bits per heavy atom. The minimum absolute atomic E-state index is 0.339. The van der Waals surface area contributed by atoms with Crippen molar-refractivity contribution in [1.82, 2.24) is 0 Å². The summed E-state index contributed by atoms with van der Waals surface area (Å²) in [5.41, 5.74) is 0. The number of hydrogen-bond acceptors (Lipinski definition) is 1. The van der Waals surface area contributed by atoms with Gasteiger partial charge in [-0.05, 0) is 12.3 Å². The van der Waals surface area contributed by atoms with Crippen LogP contribution in [0.5, 0.6) is 0 Å². The molecule has 0 radical (unpaired) electrons. The zero-order valence-corrected chi connectivity index (χ0v) is 11.7. The van der Waals surface area contributed by atoms with E-state index in [2.05, 4.69) is 13.8 Å². The third kappa shape index (κ3) is 13.4. The van der Waals surface area contributed by atoms with E-state index in [1.54, 1.807) is 0 Å². The molecule has 2 nitrogen and oxygen atoms in total. The highest BCUT2D eigenvalue weighted by atomic mass is 16.4. The Labute approximate surface area is 107 Å². The van der Waals surface area contributed by atoms with Gasteiger partial charge in [-0.2, -0.15) is 0 Å². The summed E-state index contributed by atoms with van der Waals surface area (Å²) in [6, 6.07) is 0. The molecule has 0 amide bonds. The van der Waals surface area contributed by atoms with Crippen molar-refractivity contribution in [2.45, 2.75) is 84.5 Å². The SMILES string of the molecule is CCCCCCCC(C)CCCCCC(=O)O. The van der Waals surface area contributed by atoms with E-state index in [9.17, 15) is 4.79 Å². The van der Waals surface area contributed by atoms with Crippen molar-refractivity contribution in [2.24, 2.45) is 5.92 Å². The zero-order valence-electron chi connectivity index (χ0n) is 11.7. The van der Waals surface area contributed by atoms with Gasteiger partial charge in [-0.15, -0.1) is 0 Å². The first-order valence-corrected chi connectivity index (χ1v) is 7.38. The Balaban J connectivity index is 3.17. The molecule has 0 aliphatic carbocycles. The second-order valence-corrected chi connectivity index (χ2v) is 5.30. The second-order valence-electron chi connectivity index (χ2n) is 5.30. The summed E-state index contributed by atoms with van der Waals surface area (Å²) in [5.74, 6) is 0.162. The van der Waals surface area contributed by atoms with Crippen molar-refractivity contribution in [3.8, 4) is 0 Å². The lowest BCUT2D eigenvalue weighted by Gasteiger charge is -2.10. The van der Waals surface area contributed by atoms with Crippen LogP contribution in [0.4, 0.5) is 0 Å². The molecule has 17 heavy (non-hydrogen) atoms. The maximum Gasteiger partial charge on any atom is 0.303 e. The highest BCUT2D eigenvalue weighted by molar-refractivity contribution is 5.66. The molecule has 1 unspecified atom stereocenters. The van der Waals surface area contributed by atoms with Crippen LogP contribution in [0.1, 0.15) is 84.5 Å². The number of carboxylic acid groups (broad SMARTS) is 1. The number of carbonyl (C=O) groups is 1. The van der Waals surface area contributed by atoms with Gasteiger partial charge in [-0.25, -0.2) is 0 Å². The highest BCUT2D eigenvalue weighted by Crippen LogP contribution is 2.17. The number of aliphatic carboxylic acids is 1. The van der Waals surface area contributed by atoms with Crippen LogP contribution in [-0.2, 0) is 4.79 Å². The molecular formula is C15H30O2. The van der Waals surface area contributed by atoms with Crippen molar-refractivity contribution in [3.05, 3.63) is 0 Å². The molecule has 0 saturated carbocycles. The van der Waals surface area contributed by atoms with E-state index in [1.807, 2.05) is 0 Å². The normalized spacial score (nSPS) is 12.6. The third-order valence-corrected chi connectivity index (χ3v) is 3.39. The van der Waals surface area contributed by atoms with E-state index in [0.717, 1.165) is 18.8 Å². The predicted octanol–water partition coefficient (Wildman–Crippen LogP) is 5.02. The fraction of sp³-hybridized carbons (Fsp3) is 0.933. The van der Waals surface area contributed by atoms with Gasteiger partial charge in [0, 0.05) is 6.42 Å². The van der Waals surface area contributed by atoms with Crippen molar-refractivity contribution in [2.75, 3.05) is 0 Å². The first-order chi connectivity index (χ1) is 8.16. The molecule has 0 saturated heterocycles. The molecule has 0 aromatic rings. The smallest absolute Gasteiger partial charge is 0.303 e. The Hall–Kier alpha value is -0.530. The van der Waals surface area contributed by atoms with Gasteiger partial charge >= 0.3 is 5.97 Å². The van der Waals surface area contributed by atoms with E-state index in [0.29, 0.717) is 6.42 Å². The van der Waals surface area contributed by atoms with Crippen LogP contribution in [0.2, 0.25) is 0 Å². The van der Waals surface area contributed by atoms with Gasteiger partial charge in [0.05, 0.1) is 0 Å². The van der Waals surface area contributed by atoms with E-state index in [-0.39, 0.29) is 0 Å². The highest BCUT2D eigenvalue weighted by Gasteiger charge is 2.02. The van der Waals surface area contributed by atoms with Gasteiger partial charge in [-0.3, -0.25) is 4.79 Å². The van der Waals surface area contributed by atoms with Gasteiger partial charge in [0.25, 0.3) is 0 Å². The van der Waals surface area contributed by atoms with Crippen molar-refractivity contribution < 1.29 is 9.90 Å². The quantitative estimate of drug-likeness (QED) is 0.488. The summed E-state index contributed by atoms with van der Waals surface area (Å²) in [7, 11) is 0. The molecule has 1 N–H and O–H groups in total. The number of unbranched alkanes of at least 4 members (excludes halogenated alkanes) is 6. The van der Waals surface area contributed by atoms with Gasteiger partial charge in [0.15, 0.2) is 0 Å². The molecule has 0 fully saturated rings. The van der Waals surface area contributed by atoms with Crippen LogP contribution >= 0.6 is 0 Å². The zero-order chi connectivity index (χ0) is 12.9. The Morgan fingerprint density at radius 3 is 2.00 bits per heavy atom. The molecule has 0 aromatic carbocycles. The minimum atomic E-state index is -0.658. The minimum Gasteiger partial charge on any atom is -0.481 e. The molecule has 0 aromatic heterocycles.